The molecule has 21 heavy (non-hydrogen) atoms. The Hall–Kier alpha value is -3.00. The van der Waals surface area contributed by atoms with Crippen molar-refractivity contribution in [1.82, 2.24) is 20.6 Å². The van der Waals surface area contributed by atoms with E-state index in [4.69, 9.17) is 10.2 Å². The molecule has 3 aromatic rings. The molecule has 2 aromatic heterocycles. The molecule has 3 rings (SSSR count). The standard InChI is InChI=1S/C13H12N6O2/c14-7-10-4-5-11(21-10)13(20)15-9-3-1-2-8(6-9)12-16-18-19-17-12/h1-6H,7,14H2,(H,15,20)(H,16,17,18,19). The summed E-state index contributed by atoms with van der Waals surface area (Å²) in [7, 11) is 0. The zero-order chi connectivity index (χ0) is 14.7. The highest BCUT2D eigenvalue weighted by Crippen LogP contribution is 2.19. The van der Waals surface area contributed by atoms with Gasteiger partial charge in [-0.15, -0.1) is 10.2 Å². The van der Waals surface area contributed by atoms with E-state index in [1.807, 2.05) is 6.07 Å². The number of anilines is 1. The van der Waals surface area contributed by atoms with Gasteiger partial charge in [0.05, 0.1) is 6.54 Å². The van der Waals surface area contributed by atoms with E-state index in [0.717, 1.165) is 5.56 Å². The number of amides is 1. The van der Waals surface area contributed by atoms with Crippen LogP contribution in [-0.2, 0) is 6.54 Å². The Morgan fingerprint density at radius 3 is 2.95 bits per heavy atom. The van der Waals surface area contributed by atoms with E-state index in [-0.39, 0.29) is 18.2 Å². The van der Waals surface area contributed by atoms with Crippen LogP contribution in [0.3, 0.4) is 0 Å². The van der Waals surface area contributed by atoms with Crippen molar-refractivity contribution in [2.75, 3.05) is 5.32 Å². The van der Waals surface area contributed by atoms with Crippen molar-refractivity contribution in [3.8, 4) is 11.4 Å². The highest BCUT2D eigenvalue weighted by Gasteiger charge is 2.12. The maximum atomic E-state index is 12.0. The lowest BCUT2D eigenvalue weighted by Crippen LogP contribution is -2.11. The third-order valence-corrected chi connectivity index (χ3v) is 2.81. The van der Waals surface area contributed by atoms with Gasteiger partial charge in [-0.2, -0.15) is 5.21 Å². The Balaban J connectivity index is 1.78. The van der Waals surface area contributed by atoms with Crippen LogP contribution in [0.5, 0.6) is 0 Å². The van der Waals surface area contributed by atoms with E-state index in [1.165, 1.54) is 0 Å². The van der Waals surface area contributed by atoms with Gasteiger partial charge in [-0.3, -0.25) is 4.79 Å². The Labute approximate surface area is 119 Å². The molecule has 0 bridgehead atoms. The molecule has 0 aliphatic carbocycles. The van der Waals surface area contributed by atoms with E-state index in [0.29, 0.717) is 17.3 Å². The summed E-state index contributed by atoms with van der Waals surface area (Å²) < 4.78 is 5.29. The van der Waals surface area contributed by atoms with Crippen molar-refractivity contribution in [3.63, 3.8) is 0 Å². The minimum Gasteiger partial charge on any atom is -0.455 e. The minimum absolute atomic E-state index is 0.209. The van der Waals surface area contributed by atoms with Crippen LogP contribution in [0.2, 0.25) is 0 Å². The van der Waals surface area contributed by atoms with Crippen molar-refractivity contribution in [2.24, 2.45) is 5.73 Å². The van der Waals surface area contributed by atoms with Crippen molar-refractivity contribution >= 4 is 11.6 Å². The Morgan fingerprint density at radius 1 is 1.33 bits per heavy atom. The summed E-state index contributed by atoms with van der Waals surface area (Å²) in [6.45, 7) is 0.251. The molecular formula is C13H12N6O2. The molecular weight excluding hydrogens is 272 g/mol. The number of tetrazole rings is 1. The monoisotopic (exact) mass is 284 g/mol. The van der Waals surface area contributed by atoms with E-state index < -0.39 is 0 Å². The average Bonchev–Trinajstić information content (AvgIpc) is 3.19. The van der Waals surface area contributed by atoms with Gasteiger partial charge in [0.15, 0.2) is 5.76 Å². The van der Waals surface area contributed by atoms with Gasteiger partial charge in [-0.1, -0.05) is 12.1 Å². The van der Waals surface area contributed by atoms with Crippen LogP contribution in [0.4, 0.5) is 5.69 Å². The summed E-state index contributed by atoms with van der Waals surface area (Å²) in [6, 6.07) is 10.4. The highest BCUT2D eigenvalue weighted by molar-refractivity contribution is 6.02. The number of carbonyl (C=O) groups excluding carboxylic acids is 1. The molecule has 0 aliphatic heterocycles. The normalized spacial score (nSPS) is 10.5. The molecule has 0 saturated heterocycles. The van der Waals surface area contributed by atoms with Crippen LogP contribution in [-0.4, -0.2) is 26.5 Å². The molecule has 0 atom stereocenters. The number of aromatic amines is 1. The molecule has 0 aliphatic rings. The molecule has 0 radical (unpaired) electrons. The van der Waals surface area contributed by atoms with Gasteiger partial charge < -0.3 is 15.5 Å². The predicted molar refractivity (Wildman–Crippen MR) is 74.2 cm³/mol. The fraction of sp³-hybridized carbons (Fsp3) is 0.0769. The van der Waals surface area contributed by atoms with Crippen LogP contribution in [0.25, 0.3) is 11.4 Å². The van der Waals surface area contributed by atoms with Gasteiger partial charge in [0, 0.05) is 11.3 Å². The number of nitrogens with two attached hydrogens (primary N) is 1. The second-order valence-electron chi connectivity index (χ2n) is 4.24. The van der Waals surface area contributed by atoms with Crippen molar-refractivity contribution in [3.05, 3.63) is 47.9 Å². The first-order valence-corrected chi connectivity index (χ1v) is 6.20. The summed E-state index contributed by atoms with van der Waals surface area (Å²) >= 11 is 0. The quantitative estimate of drug-likeness (QED) is 0.661. The van der Waals surface area contributed by atoms with E-state index in [1.54, 1.807) is 30.3 Å². The number of furan rings is 1. The van der Waals surface area contributed by atoms with Crippen LogP contribution in [0.1, 0.15) is 16.3 Å². The third kappa shape index (κ3) is 2.79. The number of benzene rings is 1. The number of rotatable bonds is 4. The number of carbonyl (C=O) groups is 1. The van der Waals surface area contributed by atoms with Crippen LogP contribution >= 0.6 is 0 Å². The van der Waals surface area contributed by atoms with E-state index in [2.05, 4.69) is 25.9 Å². The van der Waals surface area contributed by atoms with Crippen molar-refractivity contribution in [1.29, 1.82) is 0 Å². The Morgan fingerprint density at radius 2 is 2.24 bits per heavy atom. The third-order valence-electron chi connectivity index (χ3n) is 2.81. The highest BCUT2D eigenvalue weighted by atomic mass is 16.4. The zero-order valence-corrected chi connectivity index (χ0v) is 10.9. The van der Waals surface area contributed by atoms with Gasteiger partial charge in [0.2, 0.25) is 5.82 Å². The molecule has 1 amide bonds. The van der Waals surface area contributed by atoms with E-state index >= 15 is 0 Å². The number of nitrogens with zero attached hydrogens (tertiary/aromatic N) is 3. The molecule has 1 aromatic carbocycles. The molecule has 0 saturated carbocycles. The fourth-order valence-electron chi connectivity index (χ4n) is 1.82. The minimum atomic E-state index is -0.347. The lowest BCUT2D eigenvalue weighted by atomic mass is 10.2. The summed E-state index contributed by atoms with van der Waals surface area (Å²) in [6.07, 6.45) is 0. The van der Waals surface area contributed by atoms with Gasteiger partial charge in [0.1, 0.15) is 5.76 Å². The fourth-order valence-corrected chi connectivity index (χ4v) is 1.82. The summed E-state index contributed by atoms with van der Waals surface area (Å²) in [5.41, 5.74) is 6.79. The smallest absolute Gasteiger partial charge is 0.291 e. The summed E-state index contributed by atoms with van der Waals surface area (Å²) in [5.74, 6) is 0.871. The first kappa shape index (κ1) is 13.0. The average molecular weight is 284 g/mol. The molecule has 0 fully saturated rings. The maximum absolute atomic E-state index is 12.0. The second kappa shape index (κ2) is 5.55. The number of nitrogens with one attached hydrogen (secondary N) is 2. The first-order valence-electron chi connectivity index (χ1n) is 6.20. The second-order valence-corrected chi connectivity index (χ2v) is 4.24. The van der Waals surface area contributed by atoms with Gasteiger partial charge in [-0.05, 0) is 29.5 Å². The number of H-pyrrole nitrogens is 1. The molecule has 8 nitrogen and oxygen atoms in total. The van der Waals surface area contributed by atoms with Crippen molar-refractivity contribution in [2.45, 2.75) is 6.54 Å². The lowest BCUT2D eigenvalue weighted by molar-refractivity contribution is 0.0995. The van der Waals surface area contributed by atoms with Crippen LogP contribution in [0, 0.1) is 0 Å². The predicted octanol–water partition coefficient (Wildman–Crippen LogP) is 1.17. The van der Waals surface area contributed by atoms with E-state index in [9.17, 15) is 4.79 Å². The maximum Gasteiger partial charge on any atom is 0.291 e. The van der Waals surface area contributed by atoms with Crippen LogP contribution < -0.4 is 11.1 Å². The Bertz CT molecular complexity index is 750. The molecule has 0 spiro atoms. The zero-order valence-electron chi connectivity index (χ0n) is 10.9. The molecule has 8 heteroatoms. The Kier molecular flexibility index (Phi) is 3.44. The number of hydrogen-bond donors (Lipinski definition) is 3. The summed E-state index contributed by atoms with van der Waals surface area (Å²) in [5, 5.41) is 16.4. The van der Waals surface area contributed by atoms with Gasteiger partial charge in [-0.25, -0.2) is 0 Å². The van der Waals surface area contributed by atoms with Gasteiger partial charge >= 0.3 is 0 Å². The molecule has 4 N–H and O–H groups in total. The number of aromatic nitrogens is 4. The molecule has 0 unspecified atom stereocenters. The number of hydrogen-bond acceptors (Lipinski definition) is 6. The SMILES string of the molecule is NCc1ccc(C(=O)Nc2cccc(-c3nn[nH]n3)c2)o1. The van der Waals surface area contributed by atoms with Crippen molar-refractivity contribution < 1.29 is 9.21 Å². The topological polar surface area (TPSA) is 123 Å². The van der Waals surface area contributed by atoms with Crippen LogP contribution in [0.15, 0.2) is 40.8 Å². The van der Waals surface area contributed by atoms with Gasteiger partial charge in [0.25, 0.3) is 5.91 Å². The largest absolute Gasteiger partial charge is 0.455 e. The molecule has 106 valence electrons. The lowest BCUT2D eigenvalue weighted by Gasteiger charge is -2.04. The summed E-state index contributed by atoms with van der Waals surface area (Å²) in [4.78, 5) is 12.0. The first-order chi connectivity index (χ1) is 10.3. The molecule has 2 heterocycles.